The maximum Gasteiger partial charge on any atom is 0.293 e. The van der Waals surface area contributed by atoms with Crippen molar-refractivity contribution >= 4 is 38.4 Å². The Morgan fingerprint density at radius 3 is 2.38 bits per heavy atom. The van der Waals surface area contributed by atoms with Crippen LogP contribution in [0.4, 0.5) is 17.5 Å². The Labute approximate surface area is 216 Å². The summed E-state index contributed by atoms with van der Waals surface area (Å²) in [5.41, 5.74) is 0.381. The molecule has 37 heavy (non-hydrogen) atoms. The lowest BCUT2D eigenvalue weighted by Gasteiger charge is -2.28. The number of methoxy groups -OCH3 is 1. The molecule has 0 aliphatic heterocycles. The maximum atomic E-state index is 12.8. The summed E-state index contributed by atoms with van der Waals surface area (Å²) in [6.45, 7) is 0.980. The van der Waals surface area contributed by atoms with E-state index in [4.69, 9.17) is 4.74 Å². The quantitative estimate of drug-likeness (QED) is 0.297. The van der Waals surface area contributed by atoms with E-state index >= 15 is 0 Å². The van der Waals surface area contributed by atoms with Crippen molar-refractivity contribution in [2.45, 2.75) is 30.6 Å². The van der Waals surface area contributed by atoms with Gasteiger partial charge in [-0.25, -0.2) is 18.1 Å². The zero-order valence-electron chi connectivity index (χ0n) is 21.2. The van der Waals surface area contributed by atoms with Crippen LogP contribution in [0.3, 0.4) is 0 Å². The van der Waals surface area contributed by atoms with Crippen molar-refractivity contribution in [1.82, 2.24) is 14.7 Å². The number of fused-ring (bicyclic) bond motifs is 1. The van der Waals surface area contributed by atoms with Gasteiger partial charge in [-0.15, -0.1) is 0 Å². The highest BCUT2D eigenvalue weighted by Crippen LogP contribution is 2.31. The summed E-state index contributed by atoms with van der Waals surface area (Å²) < 4.78 is 33.2. The Kier molecular flexibility index (Phi) is 8.08. The molecule has 1 aromatic heterocycles. The topological polar surface area (TPSA) is 140 Å². The van der Waals surface area contributed by atoms with Gasteiger partial charge in [-0.05, 0) is 61.8 Å². The first kappa shape index (κ1) is 26.6. The molecule has 0 atom stereocenters. The molecule has 0 radical (unpaired) electrons. The number of nitrogens with zero attached hydrogens (tertiary/aromatic N) is 4. The number of nitro groups is 1. The summed E-state index contributed by atoms with van der Waals surface area (Å²) in [6.07, 6.45) is 3.61. The number of ether oxygens (including phenoxy) is 1. The predicted octanol–water partition coefficient (Wildman–Crippen LogP) is 3.81. The largest absolute Gasteiger partial charge is 0.497 e. The van der Waals surface area contributed by atoms with Crippen LogP contribution in [0.15, 0.2) is 47.4 Å². The summed E-state index contributed by atoms with van der Waals surface area (Å²) in [5.74, 6) is 2.28. The number of rotatable bonds is 10. The molecular weight excluding hydrogens is 496 g/mol. The van der Waals surface area contributed by atoms with E-state index in [-0.39, 0.29) is 23.1 Å². The van der Waals surface area contributed by atoms with E-state index in [0.29, 0.717) is 11.9 Å². The molecule has 0 bridgehead atoms. The molecule has 2 aromatic carbocycles. The number of anilines is 2. The van der Waals surface area contributed by atoms with E-state index in [2.05, 4.69) is 20.0 Å². The second-order valence-corrected chi connectivity index (χ2v) is 11.2. The maximum absolute atomic E-state index is 12.8. The predicted molar refractivity (Wildman–Crippen MR) is 143 cm³/mol. The fourth-order valence-electron chi connectivity index (χ4n) is 4.65. The number of hydrogen-bond acceptors (Lipinski definition) is 9. The molecule has 198 valence electrons. The number of nitrogens with one attached hydrogen (secondary N) is 2. The van der Waals surface area contributed by atoms with Gasteiger partial charge in [-0.3, -0.25) is 10.1 Å². The van der Waals surface area contributed by atoms with Gasteiger partial charge in [0.1, 0.15) is 11.6 Å². The van der Waals surface area contributed by atoms with Gasteiger partial charge in [0.25, 0.3) is 5.69 Å². The number of sulfonamides is 1. The van der Waals surface area contributed by atoms with Crippen LogP contribution in [0.2, 0.25) is 0 Å². The third-order valence-electron chi connectivity index (χ3n) is 6.74. The fourth-order valence-corrected chi connectivity index (χ4v) is 5.92. The number of hydrogen-bond donors (Lipinski definition) is 2. The molecule has 1 saturated carbocycles. The van der Waals surface area contributed by atoms with Gasteiger partial charge in [-0.1, -0.05) is 12.1 Å². The third kappa shape index (κ3) is 6.25. The van der Waals surface area contributed by atoms with Crippen molar-refractivity contribution in [3.63, 3.8) is 0 Å². The third-order valence-corrected chi connectivity index (χ3v) is 8.21. The Balaban J connectivity index is 1.31. The average Bonchev–Trinajstić information content (AvgIpc) is 2.90. The van der Waals surface area contributed by atoms with E-state index in [0.717, 1.165) is 55.0 Å². The molecule has 1 heterocycles. The summed E-state index contributed by atoms with van der Waals surface area (Å²) in [4.78, 5) is 21.6. The Hall–Kier alpha value is -3.51. The Morgan fingerprint density at radius 2 is 1.73 bits per heavy atom. The number of para-hydroxylation sites is 1. The molecule has 0 unspecified atom stereocenters. The number of aromatic nitrogens is 2. The normalized spacial score (nSPS) is 17.9. The highest BCUT2D eigenvalue weighted by Gasteiger charge is 2.28. The van der Waals surface area contributed by atoms with Crippen LogP contribution in [0.25, 0.3) is 10.9 Å². The van der Waals surface area contributed by atoms with Crippen LogP contribution in [0, 0.1) is 22.0 Å². The Bertz CT molecular complexity index is 1370. The van der Waals surface area contributed by atoms with Crippen LogP contribution < -0.4 is 19.7 Å². The lowest BCUT2D eigenvalue weighted by Crippen LogP contribution is -2.32. The van der Waals surface area contributed by atoms with Crippen molar-refractivity contribution in [3.05, 3.63) is 52.6 Å². The summed E-state index contributed by atoms with van der Waals surface area (Å²) in [5, 5.41) is 15.8. The highest BCUT2D eigenvalue weighted by molar-refractivity contribution is 7.89. The van der Waals surface area contributed by atoms with Crippen molar-refractivity contribution in [1.29, 1.82) is 0 Å². The van der Waals surface area contributed by atoms with Gasteiger partial charge in [-0.2, -0.15) is 4.98 Å². The standard InChI is InChI=1S/C25H32N6O5S/c1-30(2)24-20-6-4-5-7-21(20)28-25(29-24)26-15-17-8-10-18(11-9-17)16-27-37(34,35)23-13-12-19(36-3)14-22(23)31(32)33/h4-7,12-14,17-18,27H,8-11,15-16H2,1-3H3,(H,26,28,29)/t17-,18-. The van der Waals surface area contributed by atoms with Crippen molar-refractivity contribution < 1.29 is 18.1 Å². The SMILES string of the molecule is COc1ccc(S(=O)(=O)NC[C@H]2CC[C@H](CNc3nc(N(C)C)c4ccccc4n3)CC2)c([N+](=O)[O-])c1. The van der Waals surface area contributed by atoms with E-state index in [9.17, 15) is 18.5 Å². The molecule has 1 aliphatic rings. The molecule has 0 saturated heterocycles. The Morgan fingerprint density at radius 1 is 1.05 bits per heavy atom. The van der Waals surface area contributed by atoms with Gasteiger partial charge in [0, 0.05) is 32.6 Å². The molecule has 4 rings (SSSR count). The smallest absolute Gasteiger partial charge is 0.293 e. The fraction of sp³-hybridized carbons (Fsp3) is 0.440. The molecule has 1 aliphatic carbocycles. The summed E-state index contributed by atoms with van der Waals surface area (Å²) in [6, 6.07) is 11.6. The molecular formula is C25H32N6O5S. The lowest BCUT2D eigenvalue weighted by molar-refractivity contribution is -0.387. The van der Waals surface area contributed by atoms with Crippen LogP contribution in [-0.2, 0) is 10.0 Å². The van der Waals surface area contributed by atoms with Crippen molar-refractivity contribution in [3.8, 4) is 5.75 Å². The molecule has 12 heteroatoms. The van der Waals surface area contributed by atoms with Crippen LogP contribution >= 0.6 is 0 Å². The monoisotopic (exact) mass is 528 g/mol. The lowest BCUT2D eigenvalue weighted by atomic mass is 9.82. The first-order chi connectivity index (χ1) is 17.7. The second kappa shape index (κ2) is 11.3. The first-order valence-electron chi connectivity index (χ1n) is 12.2. The van der Waals surface area contributed by atoms with Gasteiger partial charge in [0.2, 0.25) is 16.0 Å². The van der Waals surface area contributed by atoms with Crippen LogP contribution in [0.1, 0.15) is 25.7 Å². The highest BCUT2D eigenvalue weighted by atomic mass is 32.2. The zero-order chi connectivity index (χ0) is 26.6. The van der Waals surface area contributed by atoms with Gasteiger partial charge in [0.15, 0.2) is 4.90 Å². The van der Waals surface area contributed by atoms with E-state index in [1.165, 1.54) is 19.2 Å². The average molecular weight is 529 g/mol. The molecule has 3 aromatic rings. The minimum Gasteiger partial charge on any atom is -0.497 e. The minimum atomic E-state index is -4.03. The molecule has 0 amide bonds. The van der Waals surface area contributed by atoms with Gasteiger partial charge in [0.05, 0.1) is 23.6 Å². The summed E-state index contributed by atoms with van der Waals surface area (Å²) >= 11 is 0. The molecule has 0 spiro atoms. The van der Waals surface area contributed by atoms with Crippen LogP contribution in [0.5, 0.6) is 5.75 Å². The number of benzene rings is 2. The van der Waals surface area contributed by atoms with Gasteiger partial charge >= 0.3 is 0 Å². The van der Waals surface area contributed by atoms with Crippen molar-refractivity contribution in [2.75, 3.05) is 44.5 Å². The van der Waals surface area contributed by atoms with E-state index in [1.807, 2.05) is 43.3 Å². The molecule has 2 N–H and O–H groups in total. The first-order valence-corrected chi connectivity index (χ1v) is 13.7. The molecule has 1 fully saturated rings. The van der Waals surface area contributed by atoms with Crippen molar-refractivity contribution in [2.24, 2.45) is 11.8 Å². The second-order valence-electron chi connectivity index (χ2n) is 9.49. The zero-order valence-corrected chi connectivity index (χ0v) is 22.0. The van der Waals surface area contributed by atoms with Gasteiger partial charge < -0.3 is 15.0 Å². The summed E-state index contributed by atoms with van der Waals surface area (Å²) in [7, 11) is 1.26. The van der Waals surface area contributed by atoms with E-state index < -0.39 is 20.6 Å². The van der Waals surface area contributed by atoms with Crippen LogP contribution in [-0.4, -0.2) is 57.6 Å². The van der Waals surface area contributed by atoms with E-state index in [1.54, 1.807) is 0 Å². The number of nitro benzene ring substituents is 1. The minimum absolute atomic E-state index is 0.167. The molecule has 11 nitrogen and oxygen atoms in total.